The quantitative estimate of drug-likeness (QED) is 0.505. The Balaban J connectivity index is 3.45. The lowest BCUT2D eigenvalue weighted by Crippen LogP contribution is -1.93. The van der Waals surface area contributed by atoms with Gasteiger partial charge in [-0.25, -0.2) is 0 Å². The van der Waals surface area contributed by atoms with Crippen LogP contribution in [0.3, 0.4) is 0 Å². The minimum Gasteiger partial charge on any atom is -0.481 e. The first-order valence-corrected chi connectivity index (χ1v) is 4.92. The maximum Gasteiger partial charge on any atom is 0.303 e. The molecular formula is C11H18O3. The van der Waals surface area contributed by atoms with Gasteiger partial charge in [-0.1, -0.05) is 12.0 Å². The number of allylic oxidation sites excluding steroid dienone is 2. The summed E-state index contributed by atoms with van der Waals surface area (Å²) in [6.07, 6.45) is 5.37. The number of carbonyl (C=O) groups excluding carboxylic acids is 1. The first kappa shape index (κ1) is 12.9. The minimum absolute atomic E-state index is 0.0769. The molecule has 80 valence electrons. The van der Waals surface area contributed by atoms with Crippen LogP contribution in [0.1, 0.15) is 46.0 Å². The van der Waals surface area contributed by atoms with Crippen molar-refractivity contribution < 1.29 is 14.7 Å². The highest BCUT2D eigenvalue weighted by Crippen LogP contribution is 2.09. The molecule has 0 radical (unpaired) electrons. The number of rotatable bonds is 7. The third-order valence-electron chi connectivity index (χ3n) is 1.91. The zero-order valence-electron chi connectivity index (χ0n) is 8.88. The summed E-state index contributed by atoms with van der Waals surface area (Å²) in [4.78, 5) is 20.9. The van der Waals surface area contributed by atoms with Gasteiger partial charge in [-0.3, -0.25) is 9.59 Å². The van der Waals surface area contributed by atoms with E-state index in [4.69, 9.17) is 5.11 Å². The summed E-state index contributed by atoms with van der Waals surface area (Å²) < 4.78 is 0. The van der Waals surface area contributed by atoms with Gasteiger partial charge in [-0.2, -0.15) is 0 Å². The van der Waals surface area contributed by atoms with Gasteiger partial charge >= 0.3 is 5.97 Å². The van der Waals surface area contributed by atoms with Crippen LogP contribution in [0.25, 0.3) is 0 Å². The molecule has 0 aromatic heterocycles. The Hall–Kier alpha value is -1.12. The van der Waals surface area contributed by atoms with Crippen molar-refractivity contribution in [2.24, 2.45) is 0 Å². The highest BCUT2D eigenvalue weighted by atomic mass is 16.4. The summed E-state index contributed by atoms with van der Waals surface area (Å²) in [5.74, 6) is -0.658. The van der Waals surface area contributed by atoms with Crippen molar-refractivity contribution in [3.63, 3.8) is 0 Å². The number of hydrogen-bond acceptors (Lipinski definition) is 2. The van der Waals surface area contributed by atoms with Crippen LogP contribution in [-0.4, -0.2) is 16.9 Å². The molecule has 3 heteroatoms. The number of carboxylic acid groups (broad SMARTS) is 1. The van der Waals surface area contributed by atoms with E-state index < -0.39 is 5.97 Å². The Morgan fingerprint density at radius 3 is 2.14 bits per heavy atom. The predicted molar refractivity (Wildman–Crippen MR) is 55.2 cm³/mol. The SMILES string of the molecule is CC(=O)C=C(C)CCCCCC(=O)O. The van der Waals surface area contributed by atoms with Crippen molar-refractivity contribution in [2.45, 2.75) is 46.0 Å². The molecule has 0 rings (SSSR count). The van der Waals surface area contributed by atoms with Crippen LogP contribution in [0.4, 0.5) is 0 Å². The van der Waals surface area contributed by atoms with Gasteiger partial charge in [0.15, 0.2) is 5.78 Å². The van der Waals surface area contributed by atoms with E-state index in [0.717, 1.165) is 31.3 Å². The van der Waals surface area contributed by atoms with Crippen LogP contribution in [-0.2, 0) is 9.59 Å². The summed E-state index contributed by atoms with van der Waals surface area (Å²) >= 11 is 0. The largest absolute Gasteiger partial charge is 0.481 e. The molecule has 14 heavy (non-hydrogen) atoms. The fourth-order valence-electron chi connectivity index (χ4n) is 1.28. The molecule has 0 aromatic carbocycles. The van der Waals surface area contributed by atoms with Crippen LogP contribution in [0.5, 0.6) is 0 Å². The lowest BCUT2D eigenvalue weighted by atomic mass is 10.1. The van der Waals surface area contributed by atoms with E-state index in [2.05, 4.69) is 0 Å². The third kappa shape index (κ3) is 8.97. The Morgan fingerprint density at radius 1 is 1.07 bits per heavy atom. The average molecular weight is 198 g/mol. The maximum absolute atomic E-state index is 10.7. The highest BCUT2D eigenvalue weighted by molar-refractivity contribution is 5.87. The Labute approximate surface area is 84.8 Å². The lowest BCUT2D eigenvalue weighted by molar-refractivity contribution is -0.137. The Kier molecular flexibility index (Phi) is 6.72. The van der Waals surface area contributed by atoms with E-state index >= 15 is 0 Å². The van der Waals surface area contributed by atoms with Gasteiger partial charge < -0.3 is 5.11 Å². The van der Waals surface area contributed by atoms with Crippen LogP contribution < -0.4 is 0 Å². The monoisotopic (exact) mass is 198 g/mol. The minimum atomic E-state index is -0.735. The number of ketones is 1. The summed E-state index contributed by atoms with van der Waals surface area (Å²) in [6.45, 7) is 3.46. The number of hydrogen-bond donors (Lipinski definition) is 1. The van der Waals surface area contributed by atoms with Crippen LogP contribution in [0.2, 0.25) is 0 Å². The van der Waals surface area contributed by atoms with E-state index in [1.807, 2.05) is 6.92 Å². The Morgan fingerprint density at radius 2 is 1.64 bits per heavy atom. The standard InChI is InChI=1S/C11H18O3/c1-9(8-10(2)12)6-4-3-5-7-11(13)14/h8H,3-7H2,1-2H3,(H,13,14). The van der Waals surface area contributed by atoms with E-state index in [1.54, 1.807) is 6.08 Å². The van der Waals surface area contributed by atoms with Crippen molar-refractivity contribution in [2.75, 3.05) is 0 Å². The highest BCUT2D eigenvalue weighted by Gasteiger charge is 1.97. The molecule has 0 spiro atoms. The van der Waals surface area contributed by atoms with Gasteiger partial charge in [0.1, 0.15) is 0 Å². The summed E-state index contributed by atoms with van der Waals surface area (Å²) in [6, 6.07) is 0. The smallest absolute Gasteiger partial charge is 0.303 e. The van der Waals surface area contributed by atoms with Gasteiger partial charge in [0.2, 0.25) is 0 Å². The van der Waals surface area contributed by atoms with Crippen molar-refractivity contribution >= 4 is 11.8 Å². The van der Waals surface area contributed by atoms with Gasteiger partial charge in [-0.15, -0.1) is 0 Å². The summed E-state index contributed by atoms with van der Waals surface area (Å²) in [5.41, 5.74) is 1.08. The van der Waals surface area contributed by atoms with Crippen molar-refractivity contribution in [1.29, 1.82) is 0 Å². The average Bonchev–Trinajstić information content (AvgIpc) is 2.01. The molecule has 0 fully saturated rings. The van der Waals surface area contributed by atoms with Crippen molar-refractivity contribution in [1.82, 2.24) is 0 Å². The molecule has 0 heterocycles. The molecule has 0 saturated carbocycles. The molecule has 0 aliphatic rings. The number of carboxylic acids is 1. The lowest BCUT2D eigenvalue weighted by Gasteiger charge is -1.99. The van der Waals surface area contributed by atoms with E-state index in [0.29, 0.717) is 0 Å². The molecule has 0 aromatic rings. The maximum atomic E-state index is 10.7. The molecule has 0 bridgehead atoms. The molecule has 1 N–H and O–H groups in total. The first-order valence-electron chi connectivity index (χ1n) is 4.92. The fourth-order valence-corrected chi connectivity index (χ4v) is 1.28. The second-order valence-corrected chi connectivity index (χ2v) is 3.56. The van der Waals surface area contributed by atoms with Crippen LogP contribution >= 0.6 is 0 Å². The number of unbranched alkanes of at least 4 members (excludes halogenated alkanes) is 2. The third-order valence-corrected chi connectivity index (χ3v) is 1.91. The zero-order valence-corrected chi connectivity index (χ0v) is 8.88. The number of aliphatic carboxylic acids is 1. The molecule has 0 saturated heterocycles. The molecule has 0 atom stereocenters. The van der Waals surface area contributed by atoms with Crippen LogP contribution in [0.15, 0.2) is 11.6 Å². The van der Waals surface area contributed by atoms with Crippen molar-refractivity contribution in [3.05, 3.63) is 11.6 Å². The molecule has 0 amide bonds. The van der Waals surface area contributed by atoms with Crippen molar-refractivity contribution in [3.8, 4) is 0 Å². The molecule has 0 aliphatic heterocycles. The zero-order chi connectivity index (χ0) is 11.0. The summed E-state index contributed by atoms with van der Waals surface area (Å²) in [5, 5.41) is 8.38. The molecule has 0 unspecified atom stereocenters. The first-order chi connectivity index (χ1) is 6.52. The van der Waals surface area contributed by atoms with Gasteiger partial charge in [0.05, 0.1) is 0 Å². The fraction of sp³-hybridized carbons (Fsp3) is 0.636. The topological polar surface area (TPSA) is 54.4 Å². The molecule has 3 nitrogen and oxygen atoms in total. The number of carbonyl (C=O) groups is 2. The van der Waals surface area contributed by atoms with Gasteiger partial charge in [-0.05, 0) is 39.2 Å². The van der Waals surface area contributed by atoms with E-state index in [1.165, 1.54) is 6.92 Å². The normalized spacial score (nSPS) is 11.4. The Bertz CT molecular complexity index is 229. The molecular weight excluding hydrogens is 180 g/mol. The predicted octanol–water partition coefficient (Wildman–Crippen LogP) is 2.56. The van der Waals surface area contributed by atoms with Crippen LogP contribution in [0, 0.1) is 0 Å². The summed E-state index contributed by atoms with van der Waals surface area (Å²) in [7, 11) is 0. The van der Waals surface area contributed by atoms with E-state index in [9.17, 15) is 9.59 Å². The molecule has 0 aliphatic carbocycles. The second kappa shape index (κ2) is 7.30. The second-order valence-electron chi connectivity index (χ2n) is 3.56. The van der Waals surface area contributed by atoms with E-state index in [-0.39, 0.29) is 12.2 Å². The van der Waals surface area contributed by atoms with Gasteiger partial charge in [0, 0.05) is 6.42 Å². The van der Waals surface area contributed by atoms with Gasteiger partial charge in [0.25, 0.3) is 0 Å².